The van der Waals surface area contributed by atoms with Gasteiger partial charge in [0.15, 0.2) is 0 Å². The second-order valence-electron chi connectivity index (χ2n) is 15.9. The second-order valence-corrected chi connectivity index (χ2v) is 15.9. The van der Waals surface area contributed by atoms with Crippen LogP contribution < -0.4 is 0 Å². The number of hydrogen-bond acceptors (Lipinski definition) is 1. The van der Waals surface area contributed by atoms with Gasteiger partial charge in [0.05, 0.1) is 11.1 Å². The van der Waals surface area contributed by atoms with E-state index in [1.54, 1.807) is 0 Å². The molecule has 1 spiro atoms. The van der Waals surface area contributed by atoms with Crippen LogP contribution in [-0.2, 0) is 5.41 Å². The van der Waals surface area contributed by atoms with Gasteiger partial charge in [0.2, 0.25) is 0 Å². The summed E-state index contributed by atoms with van der Waals surface area (Å²) in [4.78, 5) is 5.68. The molecule has 1 aliphatic heterocycles. The quantitative estimate of drug-likeness (QED) is 0.160. The predicted molar refractivity (Wildman–Crippen MR) is 247 cm³/mol. The molecule has 1 heteroatoms. The Kier molecular flexibility index (Phi) is 8.56. The molecule has 1 heterocycles. The summed E-state index contributed by atoms with van der Waals surface area (Å²) in [7, 11) is 0. The fourth-order valence-electron chi connectivity index (χ4n) is 10.3. The predicted octanol–water partition coefficient (Wildman–Crippen LogP) is 14.9. The van der Waals surface area contributed by atoms with Crippen LogP contribution in [0.15, 0.2) is 217 Å². The molecule has 0 fully saturated rings. The largest absolute Gasteiger partial charge is 0.252 e. The van der Waals surface area contributed by atoms with Gasteiger partial charge in [-0.2, -0.15) is 0 Å². The van der Waals surface area contributed by atoms with Gasteiger partial charge in [0.25, 0.3) is 0 Å². The van der Waals surface area contributed by atoms with Gasteiger partial charge in [0.1, 0.15) is 0 Å². The molecule has 0 N–H and O–H groups in total. The Morgan fingerprint density at radius 3 is 1.59 bits per heavy atom. The third kappa shape index (κ3) is 5.57. The minimum absolute atomic E-state index is 0.367. The van der Waals surface area contributed by atoms with Gasteiger partial charge >= 0.3 is 0 Å². The van der Waals surface area contributed by atoms with Crippen molar-refractivity contribution < 1.29 is 0 Å². The summed E-state index contributed by atoms with van der Waals surface area (Å²) in [6, 6.07) is 73.8. The topological polar surface area (TPSA) is 12.4 Å². The molecule has 0 aromatic heterocycles. The van der Waals surface area contributed by atoms with Crippen molar-refractivity contribution in [1.29, 1.82) is 0 Å². The van der Waals surface area contributed by atoms with E-state index >= 15 is 0 Å². The lowest BCUT2D eigenvalue weighted by Crippen LogP contribution is -2.25. The Balaban J connectivity index is 1.05. The zero-order valence-corrected chi connectivity index (χ0v) is 33.2. The Hall–Kier alpha value is -7.09. The fraction of sp³-hybridized carbons (Fsp3) is 0.0862. The average molecular weight is 754 g/mol. The van der Waals surface area contributed by atoms with Crippen molar-refractivity contribution in [2.45, 2.75) is 31.6 Å². The zero-order valence-electron chi connectivity index (χ0n) is 33.2. The second kappa shape index (κ2) is 14.4. The van der Waals surface area contributed by atoms with Crippen LogP contribution in [0.5, 0.6) is 0 Å². The van der Waals surface area contributed by atoms with Gasteiger partial charge in [-0.1, -0.05) is 207 Å². The Morgan fingerprint density at radius 1 is 0.424 bits per heavy atom. The normalized spacial score (nSPS) is 14.7. The molecule has 1 nitrogen and oxygen atoms in total. The van der Waals surface area contributed by atoms with Crippen LogP contribution in [-0.4, -0.2) is 5.71 Å². The maximum atomic E-state index is 5.68. The van der Waals surface area contributed by atoms with Crippen molar-refractivity contribution >= 4 is 17.0 Å². The standard InChI is InChI=1S/C58H43N/c1-2-45-46(41-36-34-40(35-37-41)39-18-5-3-6-19-39)27-17-33-55(59-57(45)42-20-7-4-8-21-42)44-23-15-22-43(38-44)47-28-16-32-54-56(47)50-26-11-14-31-53(50)58(54)51-29-12-9-24-48(51)49-25-10-13-30-52(49)58/h3-16,18-32,34-38H,2,17,33H2,1H3. The summed E-state index contributed by atoms with van der Waals surface area (Å²) in [5.41, 5.74) is 23.6. The van der Waals surface area contributed by atoms with E-state index in [4.69, 9.17) is 4.99 Å². The molecule has 0 atom stereocenters. The van der Waals surface area contributed by atoms with E-state index < -0.39 is 0 Å². The van der Waals surface area contributed by atoms with E-state index in [-0.39, 0.29) is 5.41 Å². The van der Waals surface area contributed by atoms with Crippen LogP contribution >= 0.6 is 0 Å². The van der Waals surface area contributed by atoms with Crippen molar-refractivity contribution in [3.05, 3.63) is 251 Å². The van der Waals surface area contributed by atoms with Gasteiger partial charge < -0.3 is 0 Å². The summed E-state index contributed by atoms with van der Waals surface area (Å²) < 4.78 is 0. The van der Waals surface area contributed by atoms with Crippen molar-refractivity contribution in [3.63, 3.8) is 0 Å². The lowest BCUT2D eigenvalue weighted by molar-refractivity contribution is 0.794. The van der Waals surface area contributed by atoms with Crippen molar-refractivity contribution in [3.8, 4) is 44.5 Å². The van der Waals surface area contributed by atoms with Crippen molar-refractivity contribution in [2.24, 2.45) is 4.99 Å². The maximum Gasteiger partial charge on any atom is 0.0743 e. The molecule has 0 radical (unpaired) electrons. The summed E-state index contributed by atoms with van der Waals surface area (Å²) in [5.74, 6) is 0. The molecule has 0 unspecified atom stereocenters. The third-order valence-electron chi connectivity index (χ3n) is 12.8. The SMILES string of the molecule is CCC1=C(c2ccccc2)N=C(c2cccc(-c3cccc4c3-c3ccccc3C43c4ccccc4-c4ccccc43)c2)CCC=C1c1ccc(-c2ccccc2)cc1. The van der Waals surface area contributed by atoms with Crippen LogP contribution in [0.4, 0.5) is 0 Å². The monoisotopic (exact) mass is 753 g/mol. The zero-order chi connectivity index (χ0) is 39.3. The van der Waals surface area contributed by atoms with Gasteiger partial charge in [0, 0.05) is 11.3 Å². The molecule has 11 rings (SSSR count). The molecule has 0 bridgehead atoms. The van der Waals surface area contributed by atoms with Crippen LogP contribution in [0.25, 0.3) is 55.8 Å². The first-order valence-corrected chi connectivity index (χ1v) is 21.0. The van der Waals surface area contributed by atoms with Crippen LogP contribution in [0.3, 0.4) is 0 Å². The third-order valence-corrected chi connectivity index (χ3v) is 12.8. The van der Waals surface area contributed by atoms with Gasteiger partial charge in [-0.05, 0) is 114 Å². The maximum absolute atomic E-state index is 5.68. The molecule has 2 aliphatic carbocycles. The van der Waals surface area contributed by atoms with Crippen molar-refractivity contribution in [2.75, 3.05) is 0 Å². The molecule has 8 aromatic carbocycles. The number of hydrogen-bond donors (Lipinski definition) is 0. The van der Waals surface area contributed by atoms with Crippen LogP contribution in [0.2, 0.25) is 0 Å². The molecule has 8 aromatic rings. The van der Waals surface area contributed by atoms with E-state index in [1.807, 2.05) is 0 Å². The summed E-state index contributed by atoms with van der Waals surface area (Å²) >= 11 is 0. The molecule has 59 heavy (non-hydrogen) atoms. The molecule has 0 amide bonds. The molecule has 0 saturated carbocycles. The van der Waals surface area contributed by atoms with E-state index in [0.717, 1.165) is 36.2 Å². The molecule has 280 valence electrons. The fourth-order valence-corrected chi connectivity index (χ4v) is 10.3. The van der Waals surface area contributed by atoms with E-state index in [0.29, 0.717) is 0 Å². The van der Waals surface area contributed by atoms with Gasteiger partial charge in [-0.3, -0.25) is 4.99 Å². The first-order valence-electron chi connectivity index (χ1n) is 21.0. The molecular weight excluding hydrogens is 711 g/mol. The summed E-state index contributed by atoms with van der Waals surface area (Å²) in [6.45, 7) is 2.27. The first kappa shape index (κ1) is 35.1. The number of fused-ring (bicyclic) bond motifs is 10. The van der Waals surface area contributed by atoms with Crippen LogP contribution in [0, 0.1) is 0 Å². The van der Waals surface area contributed by atoms with Crippen LogP contribution in [0.1, 0.15) is 65.1 Å². The summed E-state index contributed by atoms with van der Waals surface area (Å²) in [6.07, 6.45) is 5.07. The van der Waals surface area contributed by atoms with Gasteiger partial charge in [-0.25, -0.2) is 0 Å². The highest BCUT2D eigenvalue weighted by atomic mass is 14.8. The number of allylic oxidation sites excluding steroid dienone is 3. The molecular formula is C58H43N. The molecule has 0 saturated heterocycles. The highest BCUT2D eigenvalue weighted by Gasteiger charge is 2.51. The number of benzene rings is 8. The minimum atomic E-state index is -0.367. The van der Waals surface area contributed by atoms with E-state index in [2.05, 4.69) is 213 Å². The Morgan fingerprint density at radius 2 is 0.915 bits per heavy atom. The smallest absolute Gasteiger partial charge is 0.0743 e. The minimum Gasteiger partial charge on any atom is -0.252 e. The number of nitrogens with zero attached hydrogens (tertiary/aromatic N) is 1. The lowest BCUT2D eigenvalue weighted by Gasteiger charge is -2.30. The van der Waals surface area contributed by atoms with Gasteiger partial charge in [-0.15, -0.1) is 0 Å². The number of rotatable bonds is 6. The Labute approximate surface area is 347 Å². The summed E-state index contributed by atoms with van der Waals surface area (Å²) in [5, 5.41) is 0. The van der Waals surface area contributed by atoms with Crippen molar-refractivity contribution in [1.82, 2.24) is 0 Å². The highest BCUT2D eigenvalue weighted by Crippen LogP contribution is 2.63. The highest BCUT2D eigenvalue weighted by molar-refractivity contribution is 6.07. The van der Waals surface area contributed by atoms with E-state index in [1.165, 1.54) is 89.0 Å². The Bertz CT molecular complexity index is 2950. The van der Waals surface area contributed by atoms with E-state index in [9.17, 15) is 0 Å². The first-order chi connectivity index (χ1) is 29.2. The number of aliphatic imine (C=N–C) groups is 1. The molecule has 3 aliphatic rings. The lowest BCUT2D eigenvalue weighted by atomic mass is 9.70. The average Bonchev–Trinajstić information content (AvgIpc) is 3.78.